The molecule has 0 atom stereocenters. The number of nitrogens with zero attached hydrogens (tertiary/aromatic N) is 1. The molecule has 1 amide bonds. The summed E-state index contributed by atoms with van der Waals surface area (Å²) in [4.78, 5) is 11.9. The summed E-state index contributed by atoms with van der Waals surface area (Å²) in [6, 6.07) is 11.1. The van der Waals surface area contributed by atoms with Crippen molar-refractivity contribution in [3.63, 3.8) is 0 Å². The van der Waals surface area contributed by atoms with E-state index >= 15 is 0 Å². The number of aryl methyl sites for hydroxylation is 2. The van der Waals surface area contributed by atoms with Gasteiger partial charge in [0.1, 0.15) is 5.75 Å². The fourth-order valence-corrected chi connectivity index (χ4v) is 2.59. The molecule has 0 saturated heterocycles. The lowest BCUT2D eigenvalue weighted by atomic mass is 10.1. The normalized spacial score (nSPS) is 10.7. The molecule has 2 rings (SSSR count). The predicted molar refractivity (Wildman–Crippen MR) is 101 cm³/mol. The number of amides is 1. The van der Waals surface area contributed by atoms with Crippen molar-refractivity contribution < 1.29 is 19.4 Å². The highest BCUT2D eigenvalue weighted by Gasteiger charge is 2.06. The number of nitrogens with one attached hydrogen (secondary N) is 1. The van der Waals surface area contributed by atoms with Gasteiger partial charge >= 0.3 is 0 Å². The first-order valence-electron chi connectivity index (χ1n) is 8.36. The van der Waals surface area contributed by atoms with Gasteiger partial charge in [-0.3, -0.25) is 4.79 Å². The number of methoxy groups -OCH3 is 2. The second-order valence-corrected chi connectivity index (χ2v) is 5.85. The number of phenolic OH excluding ortho intramolecular Hbond substituents is 1. The average Bonchev–Trinajstić information content (AvgIpc) is 2.63. The molecular formula is C20H24N2O4. The number of carbonyl (C=O) groups excluding carboxylic acids is 1. The highest BCUT2D eigenvalue weighted by Crippen LogP contribution is 2.27. The monoisotopic (exact) mass is 356 g/mol. The maximum Gasteiger partial charge on any atom is 0.240 e. The standard InChI is InChI=1S/C20H24N2O4/c1-14-12-15(10-11-17(14)25-2)6-4-9-19(23)22-21-13-16-7-5-8-18(26-3)20(16)24/h5,7-8,10-13,24H,4,6,9H2,1-3H3,(H,22,23)/b21-13-. The Labute approximate surface area is 153 Å². The van der Waals surface area contributed by atoms with Crippen LogP contribution in [0.4, 0.5) is 0 Å². The molecule has 2 aromatic carbocycles. The smallest absolute Gasteiger partial charge is 0.240 e. The maximum atomic E-state index is 11.9. The molecule has 0 radical (unpaired) electrons. The van der Waals surface area contributed by atoms with E-state index in [2.05, 4.69) is 16.6 Å². The number of ether oxygens (including phenoxy) is 2. The molecule has 0 saturated carbocycles. The van der Waals surface area contributed by atoms with Gasteiger partial charge in [-0.2, -0.15) is 5.10 Å². The fourth-order valence-electron chi connectivity index (χ4n) is 2.59. The maximum absolute atomic E-state index is 11.9. The molecule has 0 fully saturated rings. The van der Waals surface area contributed by atoms with E-state index < -0.39 is 0 Å². The Morgan fingerprint density at radius 1 is 1.19 bits per heavy atom. The van der Waals surface area contributed by atoms with Crippen molar-refractivity contribution in [2.45, 2.75) is 26.2 Å². The second-order valence-electron chi connectivity index (χ2n) is 5.85. The lowest BCUT2D eigenvalue weighted by molar-refractivity contribution is -0.121. The summed E-state index contributed by atoms with van der Waals surface area (Å²) < 4.78 is 10.3. The second kappa shape index (κ2) is 9.46. The SMILES string of the molecule is COc1ccc(CCCC(=O)N/N=C\c2cccc(OC)c2O)cc1C. The van der Waals surface area contributed by atoms with E-state index in [0.29, 0.717) is 17.7 Å². The van der Waals surface area contributed by atoms with E-state index in [1.807, 2.05) is 19.1 Å². The van der Waals surface area contributed by atoms with E-state index in [1.54, 1.807) is 25.3 Å². The Bertz CT molecular complexity index is 787. The molecule has 0 heterocycles. The topological polar surface area (TPSA) is 80.2 Å². The summed E-state index contributed by atoms with van der Waals surface area (Å²) in [5.74, 6) is 1.04. The highest BCUT2D eigenvalue weighted by molar-refractivity contribution is 5.86. The van der Waals surface area contributed by atoms with Gasteiger partial charge in [-0.1, -0.05) is 18.2 Å². The van der Waals surface area contributed by atoms with Crippen LogP contribution in [-0.2, 0) is 11.2 Å². The van der Waals surface area contributed by atoms with Crippen LogP contribution in [0.25, 0.3) is 0 Å². The Morgan fingerprint density at radius 3 is 2.65 bits per heavy atom. The molecule has 0 aliphatic rings. The Kier molecular flexibility index (Phi) is 7.02. The van der Waals surface area contributed by atoms with Crippen molar-refractivity contribution in [3.05, 3.63) is 53.1 Å². The zero-order chi connectivity index (χ0) is 18.9. The van der Waals surface area contributed by atoms with Gasteiger partial charge in [-0.25, -0.2) is 5.43 Å². The van der Waals surface area contributed by atoms with Crippen LogP contribution in [0.3, 0.4) is 0 Å². The van der Waals surface area contributed by atoms with E-state index in [-0.39, 0.29) is 11.7 Å². The first kappa shape index (κ1) is 19.3. The van der Waals surface area contributed by atoms with Gasteiger partial charge in [0.15, 0.2) is 11.5 Å². The highest BCUT2D eigenvalue weighted by atomic mass is 16.5. The van der Waals surface area contributed by atoms with Crippen molar-refractivity contribution in [1.29, 1.82) is 0 Å². The summed E-state index contributed by atoms with van der Waals surface area (Å²) in [6.07, 6.45) is 3.28. The lowest BCUT2D eigenvalue weighted by Gasteiger charge is -2.07. The molecule has 6 nitrogen and oxygen atoms in total. The molecule has 0 bridgehead atoms. The van der Waals surface area contributed by atoms with Gasteiger partial charge < -0.3 is 14.6 Å². The number of aromatic hydroxyl groups is 1. The fraction of sp³-hybridized carbons (Fsp3) is 0.300. The number of phenols is 1. The van der Waals surface area contributed by atoms with Crippen LogP contribution in [0, 0.1) is 6.92 Å². The Hall–Kier alpha value is -3.02. The van der Waals surface area contributed by atoms with Gasteiger partial charge in [-0.05, 0) is 49.1 Å². The number of hydrazone groups is 1. The summed E-state index contributed by atoms with van der Waals surface area (Å²) in [6.45, 7) is 2.00. The van der Waals surface area contributed by atoms with Crippen molar-refractivity contribution in [2.24, 2.45) is 5.10 Å². The lowest BCUT2D eigenvalue weighted by Crippen LogP contribution is -2.17. The zero-order valence-corrected chi connectivity index (χ0v) is 15.3. The third-order valence-corrected chi connectivity index (χ3v) is 3.97. The minimum absolute atomic E-state index is 0.0112. The average molecular weight is 356 g/mol. The van der Waals surface area contributed by atoms with Gasteiger partial charge in [0.05, 0.1) is 20.4 Å². The van der Waals surface area contributed by atoms with E-state index in [0.717, 1.165) is 24.2 Å². The number of hydrogen-bond donors (Lipinski definition) is 2. The quantitative estimate of drug-likeness (QED) is 0.562. The van der Waals surface area contributed by atoms with E-state index in [1.165, 1.54) is 18.9 Å². The van der Waals surface area contributed by atoms with Crippen LogP contribution in [0.5, 0.6) is 17.2 Å². The molecular weight excluding hydrogens is 332 g/mol. The minimum Gasteiger partial charge on any atom is -0.504 e. The number of hydrogen-bond acceptors (Lipinski definition) is 5. The number of benzene rings is 2. The molecule has 26 heavy (non-hydrogen) atoms. The number of para-hydroxylation sites is 1. The Balaban J connectivity index is 1.80. The molecule has 0 aliphatic carbocycles. The summed E-state index contributed by atoms with van der Waals surface area (Å²) in [5.41, 5.74) is 5.19. The van der Waals surface area contributed by atoms with Crippen LogP contribution >= 0.6 is 0 Å². The van der Waals surface area contributed by atoms with Crippen LogP contribution < -0.4 is 14.9 Å². The van der Waals surface area contributed by atoms with Crippen LogP contribution in [0.1, 0.15) is 29.5 Å². The van der Waals surface area contributed by atoms with Gasteiger partial charge in [0, 0.05) is 12.0 Å². The van der Waals surface area contributed by atoms with E-state index in [4.69, 9.17) is 9.47 Å². The molecule has 0 aliphatic heterocycles. The largest absolute Gasteiger partial charge is 0.504 e. The summed E-state index contributed by atoms with van der Waals surface area (Å²) in [5, 5.41) is 13.8. The molecule has 0 aromatic heterocycles. The molecule has 138 valence electrons. The van der Waals surface area contributed by atoms with Crippen molar-refractivity contribution in [2.75, 3.05) is 14.2 Å². The van der Waals surface area contributed by atoms with Crippen molar-refractivity contribution in [1.82, 2.24) is 5.43 Å². The molecule has 2 aromatic rings. The number of carbonyl (C=O) groups is 1. The van der Waals surface area contributed by atoms with Crippen LogP contribution in [-0.4, -0.2) is 31.4 Å². The first-order valence-corrected chi connectivity index (χ1v) is 8.36. The predicted octanol–water partition coefficient (Wildman–Crippen LogP) is 3.19. The van der Waals surface area contributed by atoms with Crippen molar-refractivity contribution >= 4 is 12.1 Å². The van der Waals surface area contributed by atoms with Gasteiger partial charge in [0.25, 0.3) is 0 Å². The van der Waals surface area contributed by atoms with Gasteiger partial charge in [-0.15, -0.1) is 0 Å². The molecule has 0 spiro atoms. The summed E-state index contributed by atoms with van der Waals surface area (Å²) >= 11 is 0. The van der Waals surface area contributed by atoms with E-state index in [9.17, 15) is 9.90 Å². The van der Waals surface area contributed by atoms with Crippen molar-refractivity contribution in [3.8, 4) is 17.2 Å². The van der Waals surface area contributed by atoms with Crippen LogP contribution in [0.2, 0.25) is 0 Å². The molecule has 2 N–H and O–H groups in total. The third-order valence-electron chi connectivity index (χ3n) is 3.97. The third kappa shape index (κ3) is 5.24. The molecule has 6 heteroatoms. The Morgan fingerprint density at radius 2 is 1.96 bits per heavy atom. The zero-order valence-electron chi connectivity index (χ0n) is 15.3. The molecule has 0 unspecified atom stereocenters. The minimum atomic E-state index is -0.172. The number of rotatable bonds is 8. The van der Waals surface area contributed by atoms with Gasteiger partial charge in [0.2, 0.25) is 5.91 Å². The first-order chi connectivity index (χ1) is 12.5. The van der Waals surface area contributed by atoms with Crippen LogP contribution in [0.15, 0.2) is 41.5 Å². The summed E-state index contributed by atoms with van der Waals surface area (Å²) in [7, 11) is 3.13.